The third kappa shape index (κ3) is 14.7. The quantitative estimate of drug-likeness (QED) is 0.0383. The molecule has 8 nitrogen and oxygen atoms in total. The van der Waals surface area contributed by atoms with Gasteiger partial charge in [0.1, 0.15) is 22.6 Å². The minimum Gasteiger partial charge on any atom is -0.324 e. The van der Waals surface area contributed by atoms with Crippen molar-refractivity contribution in [3.63, 3.8) is 0 Å². The first kappa shape index (κ1) is 62.8. The first-order chi connectivity index (χ1) is 41.3. The first-order valence-electron chi connectivity index (χ1n) is 34.7. The van der Waals surface area contributed by atoms with Gasteiger partial charge in [0.2, 0.25) is 0 Å². The summed E-state index contributed by atoms with van der Waals surface area (Å²) in [6, 6.07) is 16.9. The van der Waals surface area contributed by atoms with Crippen LogP contribution in [0.1, 0.15) is 278 Å². The molecule has 0 saturated carbocycles. The van der Waals surface area contributed by atoms with Crippen molar-refractivity contribution in [2.45, 2.75) is 287 Å². The van der Waals surface area contributed by atoms with Crippen LogP contribution in [-0.2, 0) is 44.9 Å². The molecule has 9 rings (SSSR count). The van der Waals surface area contributed by atoms with E-state index in [1.807, 2.05) is 0 Å². The third-order valence-electron chi connectivity index (χ3n) is 18.7. The Kier molecular flexibility index (Phi) is 23.6. The van der Waals surface area contributed by atoms with Gasteiger partial charge in [0.05, 0.1) is 0 Å². The Morgan fingerprint density at radius 3 is 0.929 bits per heavy atom. The molecule has 2 aliphatic heterocycles. The van der Waals surface area contributed by atoms with E-state index in [1.54, 1.807) is 0 Å². The van der Waals surface area contributed by atoms with Crippen LogP contribution in [0.15, 0.2) is 42.5 Å². The standard InChI is InChI=1S/C76H106N8/c1-10-17-24-31-38-54-46-45-52(8)61-62(54)70-77-69(61)78-76-68-60(44-37-30-23-16-7)53(9)51-59(43-36-29-22-15-6)67(68)75(84-76)83-74-66-58(42-35-28-21-14-5)50-49-57(41-34-27-20-13-4)65(66)73(82-74)81-72-64-56(40-33-26-19-12-3)48-47-55(39-32-25-18-11-2)63(64)71(79-70)80-72/h45-51H,10-44H2,1-9H3,(H2,77,78,79,80,81,82,83,84). The largest absolute Gasteiger partial charge is 0.324 e. The van der Waals surface area contributed by atoms with Crippen molar-refractivity contribution < 1.29 is 0 Å². The summed E-state index contributed by atoms with van der Waals surface area (Å²) >= 11 is 0. The van der Waals surface area contributed by atoms with Gasteiger partial charge in [-0.1, -0.05) is 226 Å². The number of hydrogen-bond donors (Lipinski definition) is 2. The van der Waals surface area contributed by atoms with Crippen molar-refractivity contribution in [3.05, 3.63) is 92.5 Å². The lowest BCUT2D eigenvalue weighted by Crippen LogP contribution is -1.98. The van der Waals surface area contributed by atoms with Crippen LogP contribution in [0.5, 0.6) is 0 Å². The molecule has 0 atom stereocenters. The molecular weight excluding hydrogens is 1020 g/mol. The molecule has 0 aliphatic carbocycles. The summed E-state index contributed by atoms with van der Waals surface area (Å²) in [4.78, 5) is 43.4. The predicted molar refractivity (Wildman–Crippen MR) is 360 cm³/mol. The molecule has 4 aromatic carbocycles. The maximum atomic E-state index is 5.98. The van der Waals surface area contributed by atoms with Crippen LogP contribution in [0, 0.1) is 13.8 Å². The molecule has 0 amide bonds. The van der Waals surface area contributed by atoms with Gasteiger partial charge in [0, 0.05) is 43.8 Å². The zero-order valence-corrected chi connectivity index (χ0v) is 54.0. The molecule has 7 aromatic rings. The molecule has 8 bridgehead atoms. The van der Waals surface area contributed by atoms with E-state index >= 15 is 0 Å². The predicted octanol–water partition coefficient (Wildman–Crippen LogP) is 22.3. The maximum absolute atomic E-state index is 5.98. The minimum atomic E-state index is 0.736. The summed E-state index contributed by atoms with van der Waals surface area (Å²) < 4.78 is 0. The van der Waals surface area contributed by atoms with E-state index in [2.05, 4.69) is 115 Å². The van der Waals surface area contributed by atoms with Crippen LogP contribution in [-0.4, -0.2) is 39.9 Å². The molecule has 3 aromatic heterocycles. The Balaban J connectivity index is 1.48. The van der Waals surface area contributed by atoms with Crippen molar-refractivity contribution >= 4 is 44.1 Å². The highest BCUT2D eigenvalue weighted by Gasteiger charge is 2.30. The van der Waals surface area contributed by atoms with E-state index in [0.717, 1.165) is 147 Å². The molecule has 0 saturated heterocycles. The average Bonchev–Trinajstić information content (AvgIpc) is 2.04. The molecule has 2 N–H and O–H groups in total. The number of aromatic nitrogens is 8. The second-order valence-corrected chi connectivity index (χ2v) is 25.4. The Hall–Kier alpha value is -5.76. The van der Waals surface area contributed by atoms with Crippen molar-refractivity contribution in [1.82, 2.24) is 39.9 Å². The molecule has 450 valence electrons. The number of aromatic amines is 2. The van der Waals surface area contributed by atoms with E-state index in [4.69, 9.17) is 29.9 Å². The number of nitrogens with zero attached hydrogens (tertiary/aromatic N) is 6. The summed E-state index contributed by atoms with van der Waals surface area (Å²) in [6.45, 7) is 20.8. The van der Waals surface area contributed by atoms with E-state index in [-0.39, 0.29) is 0 Å². The SMILES string of the molecule is CCCCCCc1ccc(C)c2c1-c1nc-2nc2[nH]c(nc3nc(nc4[nH]c(n1)c1c(CCCCCC)ccc(CCCCCC)c41)-c1c(CCCCCC)ccc(CCCCCC)c1-3)c1c(CCCCCC)cc(C)c(CCCCCC)c21. The zero-order valence-electron chi connectivity index (χ0n) is 54.0. The van der Waals surface area contributed by atoms with Crippen molar-refractivity contribution in [2.75, 3.05) is 0 Å². The summed E-state index contributed by atoms with van der Waals surface area (Å²) in [5.41, 5.74) is 19.9. The molecule has 0 spiro atoms. The summed E-state index contributed by atoms with van der Waals surface area (Å²) in [7, 11) is 0. The van der Waals surface area contributed by atoms with Crippen LogP contribution >= 0.6 is 0 Å². The fraction of sp³-hybridized carbons (Fsp3) is 0.579. The summed E-state index contributed by atoms with van der Waals surface area (Å²) in [6.07, 6.45) is 40.3. The molecule has 0 radical (unpaired) electrons. The molecular formula is C76H106N8. The number of benzene rings is 4. The van der Waals surface area contributed by atoms with E-state index in [1.165, 1.54) is 218 Å². The van der Waals surface area contributed by atoms with E-state index in [0.29, 0.717) is 0 Å². The van der Waals surface area contributed by atoms with Crippen molar-refractivity contribution in [1.29, 1.82) is 0 Å². The number of hydrogen-bond acceptors (Lipinski definition) is 6. The van der Waals surface area contributed by atoms with Crippen LogP contribution in [0.4, 0.5) is 0 Å². The molecule has 8 heteroatoms. The molecule has 5 heterocycles. The highest BCUT2D eigenvalue weighted by molar-refractivity contribution is 6.10. The minimum absolute atomic E-state index is 0.736. The second-order valence-electron chi connectivity index (χ2n) is 25.4. The summed E-state index contributed by atoms with van der Waals surface area (Å²) in [5.74, 6) is 3.03. The summed E-state index contributed by atoms with van der Waals surface area (Å²) in [5, 5.41) is 4.80. The monoisotopic (exact) mass is 1130 g/mol. The Labute approximate surface area is 506 Å². The normalized spacial score (nSPS) is 12.1. The fourth-order valence-corrected chi connectivity index (χ4v) is 13.9. The van der Waals surface area contributed by atoms with Gasteiger partial charge < -0.3 is 9.97 Å². The topological polar surface area (TPSA) is 109 Å². The Morgan fingerprint density at radius 2 is 0.548 bits per heavy atom. The third-order valence-corrected chi connectivity index (χ3v) is 18.7. The van der Waals surface area contributed by atoms with Crippen molar-refractivity contribution in [2.24, 2.45) is 0 Å². The molecule has 0 unspecified atom stereocenters. The first-order valence-corrected chi connectivity index (χ1v) is 34.7. The highest BCUT2D eigenvalue weighted by atomic mass is 15.1. The van der Waals surface area contributed by atoms with Crippen molar-refractivity contribution in [3.8, 4) is 45.6 Å². The Morgan fingerprint density at radius 1 is 0.262 bits per heavy atom. The number of nitrogens with one attached hydrogen (secondary N) is 2. The van der Waals surface area contributed by atoms with Crippen LogP contribution in [0.25, 0.3) is 89.7 Å². The van der Waals surface area contributed by atoms with E-state index in [9.17, 15) is 0 Å². The van der Waals surface area contributed by atoms with Gasteiger partial charge in [-0.15, -0.1) is 0 Å². The fourth-order valence-electron chi connectivity index (χ4n) is 13.9. The molecule has 0 fully saturated rings. The average molecular weight is 1130 g/mol. The second kappa shape index (κ2) is 31.6. The van der Waals surface area contributed by atoms with E-state index < -0.39 is 0 Å². The highest BCUT2D eigenvalue weighted by Crippen LogP contribution is 2.45. The van der Waals surface area contributed by atoms with Gasteiger partial charge in [-0.25, -0.2) is 29.9 Å². The maximum Gasteiger partial charge on any atom is 0.165 e. The molecule has 84 heavy (non-hydrogen) atoms. The van der Waals surface area contributed by atoms with Crippen LogP contribution in [0.2, 0.25) is 0 Å². The van der Waals surface area contributed by atoms with Crippen LogP contribution < -0.4 is 0 Å². The Bertz CT molecular complexity index is 3470. The number of H-pyrrole nitrogens is 2. The van der Waals surface area contributed by atoms with Gasteiger partial charge in [-0.3, -0.25) is 0 Å². The van der Waals surface area contributed by atoms with Gasteiger partial charge in [0.15, 0.2) is 23.3 Å². The number of rotatable bonds is 35. The van der Waals surface area contributed by atoms with Gasteiger partial charge >= 0.3 is 0 Å². The van der Waals surface area contributed by atoms with Gasteiger partial charge in [-0.2, -0.15) is 0 Å². The smallest absolute Gasteiger partial charge is 0.165 e. The number of fused-ring (bicyclic) bond motifs is 20. The lowest BCUT2D eigenvalue weighted by atomic mass is 9.91. The lowest BCUT2D eigenvalue weighted by molar-refractivity contribution is 0.664. The molecule has 2 aliphatic rings. The number of aryl methyl sites for hydroxylation is 9. The van der Waals surface area contributed by atoms with Gasteiger partial charge in [-0.05, 0) is 154 Å². The number of unbranched alkanes of at least 4 members (excludes halogenated alkanes) is 21. The van der Waals surface area contributed by atoms with Gasteiger partial charge in [0.25, 0.3) is 0 Å². The lowest BCUT2D eigenvalue weighted by Gasteiger charge is -2.14. The van der Waals surface area contributed by atoms with Crippen LogP contribution in [0.3, 0.4) is 0 Å². The zero-order chi connectivity index (χ0) is 58.8.